The quantitative estimate of drug-likeness (QED) is 0.740. The number of methoxy groups -OCH3 is 1. The summed E-state index contributed by atoms with van der Waals surface area (Å²) in [5.74, 6) is 0.880. The van der Waals surface area contributed by atoms with Gasteiger partial charge < -0.3 is 9.84 Å². The Morgan fingerprint density at radius 2 is 2.13 bits per heavy atom. The lowest BCUT2D eigenvalue weighted by Gasteiger charge is -2.05. The lowest BCUT2D eigenvalue weighted by Crippen LogP contribution is -2.06. The van der Waals surface area contributed by atoms with Gasteiger partial charge in [0.15, 0.2) is 11.5 Å². The van der Waals surface area contributed by atoms with Gasteiger partial charge in [0.2, 0.25) is 0 Å². The van der Waals surface area contributed by atoms with Crippen LogP contribution in [0.15, 0.2) is 35.7 Å². The van der Waals surface area contributed by atoms with Gasteiger partial charge in [-0.15, -0.1) is 10.2 Å². The van der Waals surface area contributed by atoms with E-state index in [0.717, 1.165) is 11.4 Å². The van der Waals surface area contributed by atoms with E-state index in [4.69, 9.17) is 4.74 Å². The van der Waals surface area contributed by atoms with Gasteiger partial charge in [0.25, 0.3) is 5.95 Å². The smallest absolute Gasteiger partial charge is 0.273 e. The Balaban J connectivity index is 1.96. The maximum atomic E-state index is 10.1. The highest BCUT2D eigenvalue weighted by molar-refractivity contribution is 5.84. The van der Waals surface area contributed by atoms with Crippen molar-refractivity contribution in [2.24, 2.45) is 5.10 Å². The summed E-state index contributed by atoms with van der Waals surface area (Å²) in [5.41, 5.74) is 2.33. The molecule has 0 fully saturated rings. The maximum absolute atomic E-state index is 10.1. The van der Waals surface area contributed by atoms with Crippen LogP contribution in [0.4, 0.5) is 0 Å². The first kappa shape index (κ1) is 14.8. The molecular weight excluding hydrogens is 296 g/mol. The molecular formula is C15H16N6O2. The summed E-state index contributed by atoms with van der Waals surface area (Å²) in [4.78, 5) is 0. The topological polar surface area (TPSA) is 90.4 Å². The molecule has 3 aromatic rings. The van der Waals surface area contributed by atoms with Crippen molar-refractivity contribution in [2.75, 3.05) is 7.11 Å². The summed E-state index contributed by atoms with van der Waals surface area (Å²) < 4.78 is 8.22. The summed E-state index contributed by atoms with van der Waals surface area (Å²) in [6, 6.07) is 7.12. The summed E-state index contributed by atoms with van der Waals surface area (Å²) >= 11 is 0. The third-order valence-electron chi connectivity index (χ3n) is 3.28. The van der Waals surface area contributed by atoms with Crippen molar-refractivity contribution in [3.63, 3.8) is 0 Å². The largest absolute Gasteiger partial charge is 0.504 e. The second kappa shape index (κ2) is 5.91. The van der Waals surface area contributed by atoms with Crippen molar-refractivity contribution in [2.45, 2.75) is 13.8 Å². The Morgan fingerprint density at radius 1 is 1.30 bits per heavy atom. The number of hydrogen-bond donors (Lipinski definition) is 1. The van der Waals surface area contributed by atoms with Crippen LogP contribution in [0.5, 0.6) is 11.5 Å². The Hall–Kier alpha value is -3.16. The van der Waals surface area contributed by atoms with Gasteiger partial charge in [-0.25, -0.2) is 4.68 Å². The molecule has 2 heterocycles. The van der Waals surface area contributed by atoms with E-state index in [2.05, 4.69) is 20.4 Å². The van der Waals surface area contributed by atoms with E-state index in [1.54, 1.807) is 22.9 Å². The molecule has 0 aliphatic heterocycles. The van der Waals surface area contributed by atoms with Crippen LogP contribution in [0, 0.1) is 13.8 Å². The zero-order valence-corrected chi connectivity index (χ0v) is 13.0. The first-order valence-electron chi connectivity index (χ1n) is 6.94. The number of nitrogens with zero attached hydrogens (tertiary/aromatic N) is 6. The summed E-state index contributed by atoms with van der Waals surface area (Å²) in [6.07, 6.45) is 2.98. The highest BCUT2D eigenvalue weighted by atomic mass is 16.5. The van der Waals surface area contributed by atoms with E-state index < -0.39 is 0 Å². The third-order valence-corrected chi connectivity index (χ3v) is 3.28. The SMILES string of the molecule is COc1cccc(/C=N/n2cnnc2-n2nc(C)cc2C)c1O. The van der Waals surface area contributed by atoms with Crippen molar-refractivity contribution in [3.8, 4) is 17.4 Å². The van der Waals surface area contributed by atoms with Crippen LogP contribution in [0.2, 0.25) is 0 Å². The van der Waals surface area contributed by atoms with E-state index in [1.165, 1.54) is 24.3 Å². The molecule has 1 N–H and O–H groups in total. The van der Waals surface area contributed by atoms with E-state index >= 15 is 0 Å². The van der Waals surface area contributed by atoms with E-state index in [0.29, 0.717) is 17.3 Å². The molecule has 0 aliphatic rings. The first-order chi connectivity index (χ1) is 11.1. The standard InChI is InChI=1S/C15H16N6O2/c1-10-7-11(2)21(19-10)15-18-16-9-20(15)17-8-12-5-4-6-13(23-3)14(12)22/h4-9,22H,1-3H3/b17-8+. The number of rotatable bonds is 4. The molecule has 1 aromatic carbocycles. The monoisotopic (exact) mass is 312 g/mol. The van der Waals surface area contributed by atoms with Crippen molar-refractivity contribution in [3.05, 3.63) is 47.5 Å². The van der Waals surface area contributed by atoms with Crippen LogP contribution in [-0.4, -0.2) is 43.1 Å². The average molecular weight is 312 g/mol. The van der Waals surface area contributed by atoms with Gasteiger partial charge in [-0.3, -0.25) is 0 Å². The Bertz CT molecular complexity index is 865. The highest BCUT2D eigenvalue weighted by Crippen LogP contribution is 2.28. The van der Waals surface area contributed by atoms with Gasteiger partial charge in [-0.05, 0) is 32.0 Å². The van der Waals surface area contributed by atoms with Crippen molar-refractivity contribution in [1.82, 2.24) is 24.7 Å². The molecule has 0 radical (unpaired) electrons. The third kappa shape index (κ3) is 2.78. The molecule has 8 nitrogen and oxygen atoms in total. The number of phenolic OH excluding ortho intramolecular Hbond substituents is 1. The fraction of sp³-hybridized carbons (Fsp3) is 0.200. The Labute approximate surface area is 132 Å². The van der Waals surface area contributed by atoms with Crippen LogP contribution in [0.3, 0.4) is 0 Å². The van der Waals surface area contributed by atoms with Crippen LogP contribution in [0.1, 0.15) is 17.0 Å². The number of aryl methyl sites for hydroxylation is 2. The van der Waals surface area contributed by atoms with Crippen LogP contribution >= 0.6 is 0 Å². The first-order valence-corrected chi connectivity index (χ1v) is 6.94. The van der Waals surface area contributed by atoms with Gasteiger partial charge in [0.05, 0.1) is 19.0 Å². The zero-order chi connectivity index (χ0) is 16.4. The Morgan fingerprint density at radius 3 is 2.83 bits per heavy atom. The molecule has 0 unspecified atom stereocenters. The number of aromatic hydroxyl groups is 1. The van der Waals surface area contributed by atoms with Crippen molar-refractivity contribution in [1.29, 1.82) is 0 Å². The number of para-hydroxylation sites is 1. The molecule has 8 heteroatoms. The van der Waals surface area contributed by atoms with Crippen molar-refractivity contribution < 1.29 is 9.84 Å². The summed E-state index contributed by atoms with van der Waals surface area (Å²) in [7, 11) is 1.50. The molecule has 0 saturated heterocycles. The number of aromatic nitrogens is 5. The van der Waals surface area contributed by atoms with Crippen LogP contribution in [-0.2, 0) is 0 Å². The molecule has 3 rings (SSSR count). The average Bonchev–Trinajstić information content (AvgIpc) is 3.12. The van der Waals surface area contributed by atoms with Gasteiger partial charge in [-0.2, -0.15) is 14.9 Å². The fourth-order valence-corrected chi connectivity index (χ4v) is 2.21. The van der Waals surface area contributed by atoms with E-state index in [-0.39, 0.29) is 5.75 Å². The predicted molar refractivity (Wildman–Crippen MR) is 84.3 cm³/mol. The van der Waals surface area contributed by atoms with E-state index in [9.17, 15) is 5.11 Å². The maximum Gasteiger partial charge on any atom is 0.273 e. The number of ether oxygens (including phenoxy) is 1. The number of benzene rings is 1. The second-order valence-electron chi connectivity index (χ2n) is 4.96. The van der Waals surface area contributed by atoms with Crippen LogP contribution < -0.4 is 4.74 Å². The molecule has 0 saturated carbocycles. The zero-order valence-electron chi connectivity index (χ0n) is 13.0. The molecule has 0 atom stereocenters. The minimum atomic E-state index is 0.0273. The molecule has 23 heavy (non-hydrogen) atoms. The molecule has 0 aliphatic carbocycles. The van der Waals surface area contributed by atoms with Crippen molar-refractivity contribution >= 4 is 6.21 Å². The second-order valence-corrected chi connectivity index (χ2v) is 4.96. The normalized spacial score (nSPS) is 11.3. The predicted octanol–water partition coefficient (Wildman–Crippen LogP) is 1.68. The molecule has 0 amide bonds. The minimum absolute atomic E-state index is 0.0273. The highest BCUT2D eigenvalue weighted by Gasteiger charge is 2.11. The summed E-state index contributed by atoms with van der Waals surface area (Å²) in [5, 5.41) is 26.6. The lowest BCUT2D eigenvalue weighted by molar-refractivity contribution is 0.373. The van der Waals surface area contributed by atoms with Gasteiger partial charge in [0.1, 0.15) is 6.33 Å². The summed E-state index contributed by atoms with van der Waals surface area (Å²) in [6.45, 7) is 3.83. The van der Waals surface area contributed by atoms with Crippen LogP contribution in [0.25, 0.3) is 5.95 Å². The molecule has 0 spiro atoms. The number of phenols is 1. The van der Waals surface area contributed by atoms with Gasteiger partial charge in [-0.1, -0.05) is 6.07 Å². The van der Waals surface area contributed by atoms with E-state index in [1.807, 2.05) is 19.9 Å². The lowest BCUT2D eigenvalue weighted by atomic mass is 10.2. The van der Waals surface area contributed by atoms with Gasteiger partial charge in [0, 0.05) is 11.3 Å². The van der Waals surface area contributed by atoms with Gasteiger partial charge >= 0.3 is 0 Å². The molecule has 2 aromatic heterocycles. The molecule has 0 bridgehead atoms. The minimum Gasteiger partial charge on any atom is -0.504 e. The molecule has 118 valence electrons. The number of hydrogen-bond acceptors (Lipinski definition) is 6. The Kier molecular flexibility index (Phi) is 3.80. The fourth-order valence-electron chi connectivity index (χ4n) is 2.21.